The monoisotopic (exact) mass is 356 g/mol. The van der Waals surface area contributed by atoms with Crippen LogP contribution in [0.3, 0.4) is 0 Å². The highest BCUT2D eigenvalue weighted by Crippen LogP contribution is 2.37. The molecule has 0 N–H and O–H groups in total. The minimum Gasteiger partial charge on any atom is -0.495 e. The molecule has 23 heavy (non-hydrogen) atoms. The summed E-state index contributed by atoms with van der Waals surface area (Å²) < 4.78 is 10.5. The van der Waals surface area contributed by atoms with E-state index in [1.807, 2.05) is 0 Å². The highest BCUT2D eigenvalue weighted by atomic mass is 35.5. The van der Waals surface area contributed by atoms with E-state index in [4.69, 9.17) is 32.7 Å². The van der Waals surface area contributed by atoms with Gasteiger partial charge in [-0.3, -0.25) is 9.59 Å². The second-order valence-corrected chi connectivity index (χ2v) is 5.84. The van der Waals surface area contributed by atoms with E-state index in [-0.39, 0.29) is 16.4 Å². The van der Waals surface area contributed by atoms with Crippen LogP contribution >= 0.6 is 23.2 Å². The van der Waals surface area contributed by atoms with Crippen molar-refractivity contribution in [3.05, 3.63) is 34.0 Å². The molecule has 0 unspecified atom stereocenters. The molecule has 1 aromatic carbocycles. The number of hydrogen-bond donors (Lipinski definition) is 0. The fourth-order valence-electron chi connectivity index (χ4n) is 2.61. The Labute approximate surface area is 143 Å². The van der Waals surface area contributed by atoms with Crippen LogP contribution in [0.4, 0.5) is 5.69 Å². The molecule has 0 aromatic heterocycles. The Morgan fingerprint density at radius 3 is 2.48 bits per heavy atom. The third-order valence-electron chi connectivity index (χ3n) is 3.71. The number of anilines is 1. The molecule has 0 spiro atoms. The molecule has 0 bridgehead atoms. The number of benzene rings is 1. The van der Waals surface area contributed by atoms with Crippen LogP contribution in [0.5, 0.6) is 5.75 Å². The van der Waals surface area contributed by atoms with Gasteiger partial charge in [-0.1, -0.05) is 23.2 Å². The number of nitrogens with zero attached hydrogens (tertiary/aromatic N) is 2. The number of halogens is 2. The summed E-state index contributed by atoms with van der Waals surface area (Å²) in [5.41, 5.74) is 0.471. The summed E-state index contributed by atoms with van der Waals surface area (Å²) >= 11 is 12.1. The van der Waals surface area contributed by atoms with Gasteiger partial charge in [-0.05, 0) is 18.2 Å². The molecule has 1 fully saturated rings. The minimum atomic E-state index is -0.585. The van der Waals surface area contributed by atoms with Gasteiger partial charge >= 0.3 is 0 Å². The van der Waals surface area contributed by atoms with Crippen LogP contribution in [0, 0.1) is 0 Å². The molecule has 0 saturated carbocycles. The van der Waals surface area contributed by atoms with Crippen LogP contribution in [-0.2, 0) is 14.3 Å². The van der Waals surface area contributed by atoms with Gasteiger partial charge in [-0.25, -0.2) is 4.90 Å². The van der Waals surface area contributed by atoms with Gasteiger partial charge in [0, 0.05) is 18.1 Å². The summed E-state index contributed by atoms with van der Waals surface area (Å²) in [5.74, 6) is -0.704. The van der Waals surface area contributed by atoms with Crippen molar-refractivity contribution in [3.63, 3.8) is 0 Å². The van der Waals surface area contributed by atoms with E-state index in [1.165, 1.54) is 13.2 Å². The largest absolute Gasteiger partial charge is 0.495 e. The lowest BCUT2D eigenvalue weighted by Crippen LogP contribution is -2.40. The molecular formula is C15H14Cl2N2O4. The topological polar surface area (TPSA) is 59.1 Å². The van der Waals surface area contributed by atoms with Crippen LogP contribution in [0.25, 0.3) is 0 Å². The predicted molar refractivity (Wildman–Crippen MR) is 85.8 cm³/mol. The second-order valence-electron chi connectivity index (χ2n) is 5.02. The quantitative estimate of drug-likeness (QED) is 0.775. The Kier molecular flexibility index (Phi) is 4.48. The summed E-state index contributed by atoms with van der Waals surface area (Å²) in [6, 6.07) is 4.72. The maximum Gasteiger partial charge on any atom is 0.283 e. The minimum absolute atomic E-state index is 0.0982. The lowest BCUT2D eigenvalue weighted by Gasteiger charge is -2.29. The molecule has 0 aliphatic carbocycles. The fourth-order valence-corrected chi connectivity index (χ4v) is 3.06. The molecule has 122 valence electrons. The molecule has 2 amide bonds. The summed E-state index contributed by atoms with van der Waals surface area (Å²) in [6.45, 7) is 1.97. The third kappa shape index (κ3) is 2.78. The molecule has 2 heterocycles. The van der Waals surface area contributed by atoms with E-state index < -0.39 is 11.8 Å². The van der Waals surface area contributed by atoms with Crippen molar-refractivity contribution < 1.29 is 19.1 Å². The number of carbonyl (C=O) groups excluding carboxylic acids is 2. The third-order valence-corrected chi connectivity index (χ3v) is 4.29. The Morgan fingerprint density at radius 2 is 1.83 bits per heavy atom. The van der Waals surface area contributed by atoms with E-state index in [2.05, 4.69) is 0 Å². The molecular weight excluding hydrogens is 343 g/mol. The Hall–Kier alpha value is -1.76. The summed E-state index contributed by atoms with van der Waals surface area (Å²) in [7, 11) is 1.45. The van der Waals surface area contributed by atoms with Crippen LogP contribution in [0.2, 0.25) is 5.02 Å². The number of carbonyl (C=O) groups is 2. The number of imide groups is 1. The number of morpholine rings is 1. The summed E-state index contributed by atoms with van der Waals surface area (Å²) in [5, 5.41) is 0.288. The van der Waals surface area contributed by atoms with Crippen molar-refractivity contribution in [2.75, 3.05) is 38.3 Å². The van der Waals surface area contributed by atoms with Crippen LogP contribution in [0.1, 0.15) is 0 Å². The normalized spacial score (nSPS) is 18.9. The first-order valence-corrected chi connectivity index (χ1v) is 7.75. The lowest BCUT2D eigenvalue weighted by atomic mass is 10.2. The molecule has 8 heteroatoms. The van der Waals surface area contributed by atoms with Crippen LogP contribution in [0.15, 0.2) is 28.9 Å². The lowest BCUT2D eigenvalue weighted by molar-refractivity contribution is -0.121. The average molecular weight is 357 g/mol. The number of rotatable bonds is 3. The predicted octanol–water partition coefficient (Wildman–Crippen LogP) is 2.00. The molecule has 1 aromatic rings. The van der Waals surface area contributed by atoms with Gasteiger partial charge in [0.05, 0.1) is 26.0 Å². The molecule has 0 atom stereocenters. The standard InChI is InChI=1S/C15H14Cl2N2O4/c1-22-11-3-2-9(16)8-10(11)19-14(20)12(17)13(15(19)21)18-4-6-23-7-5-18/h2-3,8H,4-7H2,1H3. The van der Waals surface area contributed by atoms with Crippen molar-refractivity contribution in [1.82, 2.24) is 4.90 Å². The Morgan fingerprint density at radius 1 is 1.13 bits per heavy atom. The van der Waals surface area contributed by atoms with Crippen LogP contribution < -0.4 is 9.64 Å². The van der Waals surface area contributed by atoms with Crippen LogP contribution in [-0.4, -0.2) is 50.1 Å². The number of ether oxygens (including phenoxy) is 2. The first kappa shape index (κ1) is 16.1. The van der Waals surface area contributed by atoms with Gasteiger partial charge in [0.15, 0.2) is 0 Å². The van der Waals surface area contributed by atoms with Gasteiger partial charge < -0.3 is 14.4 Å². The van der Waals surface area contributed by atoms with E-state index in [0.717, 1.165) is 4.90 Å². The first-order valence-electron chi connectivity index (χ1n) is 6.99. The van der Waals surface area contributed by atoms with Crippen molar-refractivity contribution in [1.29, 1.82) is 0 Å². The van der Waals surface area contributed by atoms with Gasteiger partial charge in [-0.2, -0.15) is 0 Å². The Bertz CT molecular complexity index is 699. The number of hydrogen-bond acceptors (Lipinski definition) is 5. The highest BCUT2D eigenvalue weighted by molar-refractivity contribution is 6.52. The van der Waals surface area contributed by atoms with Gasteiger partial charge in [0.1, 0.15) is 16.5 Å². The van der Waals surface area contributed by atoms with E-state index in [1.54, 1.807) is 17.0 Å². The zero-order valence-corrected chi connectivity index (χ0v) is 13.9. The maximum atomic E-state index is 12.8. The first-order chi connectivity index (χ1) is 11.0. The SMILES string of the molecule is COc1ccc(Cl)cc1N1C(=O)C(Cl)=C(N2CCOCC2)C1=O. The van der Waals surface area contributed by atoms with Crippen molar-refractivity contribution in [3.8, 4) is 5.75 Å². The molecule has 2 aliphatic heterocycles. The van der Waals surface area contributed by atoms with Crippen molar-refractivity contribution >= 4 is 40.7 Å². The molecule has 6 nitrogen and oxygen atoms in total. The highest BCUT2D eigenvalue weighted by Gasteiger charge is 2.42. The number of amides is 2. The van der Waals surface area contributed by atoms with E-state index in [0.29, 0.717) is 37.1 Å². The molecule has 2 aliphatic rings. The summed E-state index contributed by atoms with van der Waals surface area (Å²) in [6.07, 6.45) is 0. The fraction of sp³-hybridized carbons (Fsp3) is 0.333. The Balaban J connectivity index is 1.99. The zero-order valence-electron chi connectivity index (χ0n) is 12.3. The van der Waals surface area contributed by atoms with Crippen molar-refractivity contribution in [2.24, 2.45) is 0 Å². The number of methoxy groups -OCH3 is 1. The molecule has 3 rings (SSSR count). The zero-order chi connectivity index (χ0) is 16.6. The molecule has 0 radical (unpaired) electrons. The molecule has 1 saturated heterocycles. The van der Waals surface area contributed by atoms with Gasteiger partial charge in [0.2, 0.25) is 0 Å². The second kappa shape index (κ2) is 6.39. The average Bonchev–Trinajstić information content (AvgIpc) is 2.78. The van der Waals surface area contributed by atoms with Crippen molar-refractivity contribution in [2.45, 2.75) is 0 Å². The van der Waals surface area contributed by atoms with E-state index >= 15 is 0 Å². The van der Waals surface area contributed by atoms with E-state index in [9.17, 15) is 9.59 Å². The van der Waals surface area contributed by atoms with Gasteiger partial charge in [0.25, 0.3) is 11.8 Å². The smallest absolute Gasteiger partial charge is 0.283 e. The summed E-state index contributed by atoms with van der Waals surface area (Å²) in [4.78, 5) is 28.1. The van der Waals surface area contributed by atoms with Gasteiger partial charge in [-0.15, -0.1) is 0 Å². The maximum absolute atomic E-state index is 12.8.